The Bertz CT molecular complexity index is 899. The Hall–Kier alpha value is -2.38. The van der Waals surface area contributed by atoms with Gasteiger partial charge in [-0.1, -0.05) is 64.8 Å². The zero-order valence-corrected chi connectivity index (χ0v) is 21.1. The molecule has 0 amide bonds. The lowest BCUT2D eigenvalue weighted by Crippen LogP contribution is -2.31. The van der Waals surface area contributed by atoms with Crippen molar-refractivity contribution >= 4 is 46.0 Å². The average Bonchev–Trinajstić information content (AvgIpc) is 2.75. The standard InChI is InChI=1S/C25H34N4OS2/c1-5-7-15-26-23(31)28-19-13-9-11-17-21(19)30-22-18(25(17,3)4)12-10-14-20(22)29-24(32)27-16-8-6-2/h9-14H,5-8,15-16H2,1-4H3,(H2,26,28,31)(H2,27,29,32). The van der Waals surface area contributed by atoms with Crippen molar-refractivity contribution < 1.29 is 4.74 Å². The molecule has 1 aliphatic rings. The van der Waals surface area contributed by atoms with Crippen molar-refractivity contribution in [1.29, 1.82) is 0 Å². The molecule has 2 aromatic carbocycles. The van der Waals surface area contributed by atoms with Gasteiger partial charge in [-0.15, -0.1) is 0 Å². The molecule has 0 saturated carbocycles. The molecule has 0 aliphatic carbocycles. The summed E-state index contributed by atoms with van der Waals surface area (Å²) in [6.07, 6.45) is 4.39. The molecule has 5 nitrogen and oxygen atoms in total. The van der Waals surface area contributed by atoms with Gasteiger partial charge < -0.3 is 26.0 Å². The molecule has 4 N–H and O–H groups in total. The molecule has 0 spiro atoms. The number of hydrogen-bond donors (Lipinski definition) is 4. The molecule has 2 aromatic rings. The molecule has 32 heavy (non-hydrogen) atoms. The van der Waals surface area contributed by atoms with Gasteiger partial charge in [0.05, 0.1) is 11.4 Å². The summed E-state index contributed by atoms with van der Waals surface area (Å²) in [6.45, 7) is 10.5. The minimum absolute atomic E-state index is 0.243. The highest BCUT2D eigenvalue weighted by Gasteiger charge is 2.36. The number of nitrogens with one attached hydrogen (secondary N) is 4. The SMILES string of the molecule is CCCCNC(=S)Nc1cccc2c1Oc1c(NC(=S)NCCCC)cccc1C2(C)C. The minimum atomic E-state index is -0.243. The third kappa shape index (κ3) is 5.51. The minimum Gasteiger partial charge on any atom is -0.452 e. The largest absolute Gasteiger partial charge is 0.452 e. The first kappa shape index (κ1) is 24.3. The van der Waals surface area contributed by atoms with Gasteiger partial charge in [0.25, 0.3) is 0 Å². The number of ether oxygens (including phenoxy) is 1. The normalized spacial score (nSPS) is 13.2. The summed E-state index contributed by atoms with van der Waals surface area (Å²) in [5, 5.41) is 14.4. The Labute approximate surface area is 202 Å². The third-order valence-corrected chi connectivity index (χ3v) is 6.20. The second-order valence-corrected chi connectivity index (χ2v) is 9.38. The van der Waals surface area contributed by atoms with Crippen LogP contribution in [-0.2, 0) is 5.41 Å². The van der Waals surface area contributed by atoms with Crippen LogP contribution in [0.2, 0.25) is 0 Å². The van der Waals surface area contributed by atoms with E-state index in [9.17, 15) is 0 Å². The first-order chi connectivity index (χ1) is 15.4. The summed E-state index contributed by atoms with van der Waals surface area (Å²) in [4.78, 5) is 0. The number of anilines is 2. The molecule has 0 radical (unpaired) electrons. The fraction of sp³-hybridized carbons (Fsp3) is 0.440. The van der Waals surface area contributed by atoms with E-state index in [2.05, 4.69) is 61.1 Å². The van der Waals surface area contributed by atoms with Crippen molar-refractivity contribution in [3.05, 3.63) is 47.5 Å². The lowest BCUT2D eigenvalue weighted by Gasteiger charge is -2.36. The van der Waals surface area contributed by atoms with E-state index >= 15 is 0 Å². The van der Waals surface area contributed by atoms with Gasteiger partial charge in [0, 0.05) is 29.6 Å². The maximum absolute atomic E-state index is 6.53. The van der Waals surface area contributed by atoms with Crippen LogP contribution >= 0.6 is 24.4 Å². The quantitative estimate of drug-likeness (QED) is 0.267. The molecule has 0 saturated heterocycles. The van der Waals surface area contributed by atoms with Gasteiger partial charge in [0.1, 0.15) is 0 Å². The van der Waals surface area contributed by atoms with Crippen LogP contribution in [0.3, 0.4) is 0 Å². The van der Waals surface area contributed by atoms with Gasteiger partial charge in [-0.25, -0.2) is 0 Å². The van der Waals surface area contributed by atoms with Gasteiger partial charge in [-0.2, -0.15) is 0 Å². The Morgan fingerprint density at radius 3 is 1.62 bits per heavy atom. The number of benzene rings is 2. The lowest BCUT2D eigenvalue weighted by atomic mass is 9.75. The first-order valence-electron chi connectivity index (χ1n) is 11.4. The second-order valence-electron chi connectivity index (χ2n) is 8.56. The number of unbranched alkanes of at least 4 members (excludes halogenated alkanes) is 2. The van der Waals surface area contributed by atoms with E-state index in [0.29, 0.717) is 10.2 Å². The van der Waals surface area contributed by atoms with Crippen molar-refractivity contribution in [2.24, 2.45) is 0 Å². The highest BCUT2D eigenvalue weighted by molar-refractivity contribution is 7.80. The summed E-state index contributed by atoms with van der Waals surface area (Å²) in [7, 11) is 0. The van der Waals surface area contributed by atoms with Gasteiger partial charge in [-0.05, 0) is 49.4 Å². The summed E-state index contributed by atoms with van der Waals surface area (Å²) < 4.78 is 6.53. The molecule has 7 heteroatoms. The average molecular weight is 471 g/mol. The highest BCUT2D eigenvalue weighted by atomic mass is 32.1. The van der Waals surface area contributed by atoms with Crippen molar-refractivity contribution in [3.63, 3.8) is 0 Å². The number of thiocarbonyl (C=S) groups is 2. The van der Waals surface area contributed by atoms with Gasteiger partial charge in [0.2, 0.25) is 0 Å². The molecule has 3 rings (SSSR count). The van der Waals surface area contributed by atoms with Gasteiger partial charge in [0.15, 0.2) is 21.7 Å². The van der Waals surface area contributed by atoms with Crippen LogP contribution in [0.25, 0.3) is 0 Å². The maximum Gasteiger partial charge on any atom is 0.170 e. The predicted molar refractivity (Wildman–Crippen MR) is 143 cm³/mol. The summed E-state index contributed by atoms with van der Waals surface area (Å²) in [5.41, 5.74) is 3.70. The number of para-hydroxylation sites is 2. The van der Waals surface area contributed by atoms with E-state index in [0.717, 1.165) is 72.8 Å². The van der Waals surface area contributed by atoms with Crippen LogP contribution in [0.1, 0.15) is 64.5 Å². The van der Waals surface area contributed by atoms with Crippen LogP contribution in [0.15, 0.2) is 36.4 Å². The fourth-order valence-corrected chi connectivity index (χ4v) is 4.24. The number of fused-ring (bicyclic) bond motifs is 2. The molecular weight excluding hydrogens is 436 g/mol. The summed E-state index contributed by atoms with van der Waals surface area (Å²) in [6, 6.07) is 12.3. The van der Waals surface area contributed by atoms with E-state index in [1.165, 1.54) is 0 Å². The second kappa shape index (κ2) is 11.0. The van der Waals surface area contributed by atoms with Gasteiger partial charge in [-0.3, -0.25) is 0 Å². The van der Waals surface area contributed by atoms with E-state index in [-0.39, 0.29) is 5.41 Å². The van der Waals surface area contributed by atoms with Crippen molar-refractivity contribution in [1.82, 2.24) is 10.6 Å². The molecule has 1 heterocycles. The smallest absolute Gasteiger partial charge is 0.170 e. The topological polar surface area (TPSA) is 57.4 Å². The van der Waals surface area contributed by atoms with E-state index in [4.69, 9.17) is 29.2 Å². The van der Waals surface area contributed by atoms with Crippen LogP contribution < -0.4 is 26.0 Å². The van der Waals surface area contributed by atoms with E-state index < -0.39 is 0 Å². The maximum atomic E-state index is 6.53. The summed E-state index contributed by atoms with van der Waals surface area (Å²) >= 11 is 11.0. The zero-order valence-electron chi connectivity index (χ0n) is 19.4. The first-order valence-corrected chi connectivity index (χ1v) is 12.2. The molecule has 0 bridgehead atoms. The highest BCUT2D eigenvalue weighted by Crippen LogP contribution is 2.52. The van der Waals surface area contributed by atoms with Crippen LogP contribution in [0.5, 0.6) is 11.5 Å². The van der Waals surface area contributed by atoms with Crippen molar-refractivity contribution in [2.75, 3.05) is 23.7 Å². The van der Waals surface area contributed by atoms with Crippen LogP contribution in [0, 0.1) is 0 Å². The Balaban J connectivity index is 1.88. The number of rotatable bonds is 8. The van der Waals surface area contributed by atoms with Crippen molar-refractivity contribution in [3.8, 4) is 11.5 Å². The molecule has 0 aromatic heterocycles. The molecule has 1 aliphatic heterocycles. The molecule has 172 valence electrons. The zero-order chi connectivity index (χ0) is 23.1. The van der Waals surface area contributed by atoms with E-state index in [1.54, 1.807) is 0 Å². The fourth-order valence-electron chi connectivity index (χ4n) is 3.81. The monoisotopic (exact) mass is 470 g/mol. The third-order valence-electron chi connectivity index (χ3n) is 5.71. The predicted octanol–water partition coefficient (Wildman–Crippen LogP) is 6.29. The number of hydrogen-bond acceptors (Lipinski definition) is 3. The Kier molecular flexibility index (Phi) is 8.32. The Morgan fingerprint density at radius 2 is 1.22 bits per heavy atom. The van der Waals surface area contributed by atoms with Crippen molar-refractivity contribution in [2.45, 2.75) is 58.8 Å². The van der Waals surface area contributed by atoms with Crippen LogP contribution in [-0.4, -0.2) is 23.3 Å². The van der Waals surface area contributed by atoms with E-state index in [1.807, 2.05) is 24.3 Å². The lowest BCUT2D eigenvalue weighted by molar-refractivity contribution is 0.422. The molecular formula is C25H34N4OS2. The van der Waals surface area contributed by atoms with Gasteiger partial charge >= 0.3 is 0 Å². The molecule has 0 fully saturated rings. The Morgan fingerprint density at radius 1 is 0.781 bits per heavy atom. The summed E-state index contributed by atoms with van der Waals surface area (Å²) in [5.74, 6) is 1.59. The molecule has 0 unspecified atom stereocenters. The van der Waals surface area contributed by atoms with Crippen LogP contribution in [0.4, 0.5) is 11.4 Å². The molecule has 0 atom stereocenters.